The Morgan fingerprint density at radius 3 is 2.68 bits per heavy atom. The van der Waals surface area contributed by atoms with Gasteiger partial charge in [0.05, 0.1) is 5.75 Å². The maximum atomic E-state index is 11.9. The van der Waals surface area contributed by atoms with Crippen molar-refractivity contribution >= 4 is 38.0 Å². The van der Waals surface area contributed by atoms with E-state index in [0.717, 1.165) is 16.3 Å². The van der Waals surface area contributed by atoms with Gasteiger partial charge in [-0.05, 0) is 29.4 Å². The summed E-state index contributed by atoms with van der Waals surface area (Å²) in [5.74, 6) is 1.23. The number of hydrogen-bond acceptors (Lipinski definition) is 5. The molecule has 1 aliphatic rings. The molecule has 5 nitrogen and oxygen atoms in total. The first-order chi connectivity index (χ1) is 10.4. The number of halogens is 1. The first-order valence-electron chi connectivity index (χ1n) is 7.27. The number of sulfone groups is 1. The van der Waals surface area contributed by atoms with Gasteiger partial charge in [-0.1, -0.05) is 25.4 Å². The van der Waals surface area contributed by atoms with Gasteiger partial charge in [0.2, 0.25) is 0 Å². The van der Waals surface area contributed by atoms with E-state index in [1.807, 2.05) is 17.2 Å². The molecule has 1 fully saturated rings. The molecular weight excluding hydrogens is 322 g/mol. The van der Waals surface area contributed by atoms with Crippen LogP contribution in [-0.4, -0.2) is 36.6 Å². The van der Waals surface area contributed by atoms with Gasteiger partial charge in [-0.3, -0.25) is 0 Å². The molecule has 7 heteroatoms. The number of anilines is 1. The molecule has 3 heterocycles. The smallest absolute Gasteiger partial charge is 0.168 e. The number of hydrogen-bond donors (Lipinski definition) is 0. The maximum absolute atomic E-state index is 11.9. The zero-order valence-electron chi connectivity index (χ0n) is 12.6. The zero-order valence-corrected chi connectivity index (χ0v) is 14.2. The topological polar surface area (TPSA) is 63.2 Å². The molecule has 0 spiro atoms. The van der Waals surface area contributed by atoms with E-state index in [9.17, 15) is 8.42 Å². The van der Waals surface area contributed by atoms with E-state index in [1.165, 1.54) is 0 Å². The number of fused-ring (bicyclic) bond motifs is 1. The molecule has 1 saturated heterocycles. The van der Waals surface area contributed by atoms with E-state index in [-0.39, 0.29) is 11.6 Å². The first-order valence-corrected chi connectivity index (χ1v) is 9.47. The van der Waals surface area contributed by atoms with E-state index < -0.39 is 9.84 Å². The van der Waals surface area contributed by atoms with Crippen molar-refractivity contribution in [3.63, 3.8) is 0 Å². The zero-order chi connectivity index (χ0) is 15.9. The fourth-order valence-corrected chi connectivity index (χ4v) is 4.42. The van der Waals surface area contributed by atoms with Gasteiger partial charge < -0.3 is 4.90 Å². The Kier molecular flexibility index (Phi) is 3.99. The summed E-state index contributed by atoms with van der Waals surface area (Å²) in [4.78, 5) is 10.5. The third-order valence-electron chi connectivity index (χ3n) is 3.91. The van der Waals surface area contributed by atoms with Crippen LogP contribution in [0.15, 0.2) is 18.5 Å². The minimum absolute atomic E-state index is 0.0127. The van der Waals surface area contributed by atoms with Gasteiger partial charge in [0.25, 0.3) is 0 Å². The molecule has 0 aliphatic carbocycles. The van der Waals surface area contributed by atoms with Gasteiger partial charge in [-0.2, -0.15) is 0 Å². The lowest BCUT2D eigenvalue weighted by Crippen LogP contribution is -2.38. The summed E-state index contributed by atoms with van der Waals surface area (Å²) in [6.45, 7) is 4.87. The number of nitrogens with zero attached hydrogens (tertiary/aromatic N) is 3. The van der Waals surface area contributed by atoms with Crippen LogP contribution >= 0.6 is 11.6 Å². The Hall–Kier alpha value is -1.40. The number of rotatable bonds is 2. The van der Waals surface area contributed by atoms with Gasteiger partial charge in [0.15, 0.2) is 9.84 Å². The largest absolute Gasteiger partial charge is 0.342 e. The van der Waals surface area contributed by atoms with Crippen LogP contribution in [0, 0.1) is 0 Å². The molecule has 2 aromatic heterocycles. The van der Waals surface area contributed by atoms with Crippen LogP contribution in [0.4, 0.5) is 5.82 Å². The molecule has 1 aliphatic heterocycles. The summed E-state index contributed by atoms with van der Waals surface area (Å²) in [5.41, 5.74) is 1.09. The SMILES string of the molecule is CC(C)c1cnc(N2CCCS(=O)(=O)C2)c2cnc(Cl)cc12. The Morgan fingerprint density at radius 2 is 2.00 bits per heavy atom. The molecule has 0 bridgehead atoms. The molecule has 0 N–H and O–H groups in total. The third-order valence-corrected chi connectivity index (χ3v) is 5.73. The highest BCUT2D eigenvalue weighted by Crippen LogP contribution is 2.32. The second kappa shape index (κ2) is 5.66. The van der Waals surface area contributed by atoms with Crippen molar-refractivity contribution in [2.24, 2.45) is 0 Å². The molecule has 22 heavy (non-hydrogen) atoms. The van der Waals surface area contributed by atoms with Crippen molar-refractivity contribution < 1.29 is 8.42 Å². The van der Waals surface area contributed by atoms with Crippen molar-refractivity contribution in [1.82, 2.24) is 9.97 Å². The van der Waals surface area contributed by atoms with Crippen molar-refractivity contribution in [2.75, 3.05) is 23.1 Å². The average molecular weight is 340 g/mol. The molecule has 118 valence electrons. The Labute approximate surface area is 135 Å². The molecule has 0 atom stereocenters. The van der Waals surface area contributed by atoms with Gasteiger partial charge >= 0.3 is 0 Å². The highest BCUT2D eigenvalue weighted by Gasteiger charge is 2.25. The van der Waals surface area contributed by atoms with Crippen molar-refractivity contribution in [3.05, 3.63) is 29.2 Å². The molecule has 0 saturated carbocycles. The van der Waals surface area contributed by atoms with Crippen LogP contribution < -0.4 is 4.90 Å². The summed E-state index contributed by atoms with van der Waals surface area (Å²) in [6.07, 6.45) is 4.13. The normalized spacial score (nSPS) is 18.1. The standard InChI is InChI=1S/C15H18ClN3O2S/c1-10(2)12-7-18-15(13-8-17-14(16)6-11(12)13)19-4-3-5-22(20,21)9-19/h6-8,10H,3-5,9H2,1-2H3. The van der Waals surface area contributed by atoms with Gasteiger partial charge in [0, 0.05) is 24.3 Å². The lowest BCUT2D eigenvalue weighted by Gasteiger charge is -2.29. The van der Waals surface area contributed by atoms with Crippen molar-refractivity contribution in [2.45, 2.75) is 26.2 Å². The second-order valence-electron chi connectivity index (χ2n) is 5.94. The average Bonchev–Trinajstić information content (AvgIpc) is 2.44. The summed E-state index contributed by atoms with van der Waals surface area (Å²) in [6, 6.07) is 1.83. The Bertz CT molecular complexity index is 821. The fourth-order valence-electron chi connectivity index (χ4n) is 2.84. The van der Waals surface area contributed by atoms with Crippen molar-refractivity contribution in [1.29, 1.82) is 0 Å². The van der Waals surface area contributed by atoms with Crippen molar-refractivity contribution in [3.8, 4) is 0 Å². The van der Waals surface area contributed by atoms with Gasteiger partial charge in [-0.25, -0.2) is 18.4 Å². The Morgan fingerprint density at radius 1 is 1.23 bits per heavy atom. The van der Waals surface area contributed by atoms with E-state index >= 15 is 0 Å². The predicted molar refractivity (Wildman–Crippen MR) is 89.3 cm³/mol. The van der Waals surface area contributed by atoms with Gasteiger partial charge in [-0.15, -0.1) is 0 Å². The fraction of sp³-hybridized carbons (Fsp3) is 0.467. The maximum Gasteiger partial charge on any atom is 0.168 e. The van der Waals surface area contributed by atoms with Crippen LogP contribution in [-0.2, 0) is 9.84 Å². The van der Waals surface area contributed by atoms with E-state index in [2.05, 4.69) is 23.8 Å². The third kappa shape index (κ3) is 2.90. The number of pyridine rings is 2. The van der Waals surface area contributed by atoms with Crippen LogP contribution in [0.5, 0.6) is 0 Å². The molecule has 0 unspecified atom stereocenters. The van der Waals surface area contributed by atoms with Crippen LogP contribution in [0.3, 0.4) is 0 Å². The number of aromatic nitrogens is 2. The lowest BCUT2D eigenvalue weighted by atomic mass is 9.99. The molecule has 3 rings (SSSR count). The monoisotopic (exact) mass is 339 g/mol. The van der Waals surface area contributed by atoms with E-state index in [1.54, 1.807) is 6.20 Å². The van der Waals surface area contributed by atoms with Crippen LogP contribution in [0.2, 0.25) is 5.15 Å². The van der Waals surface area contributed by atoms with Crippen LogP contribution in [0.25, 0.3) is 10.8 Å². The second-order valence-corrected chi connectivity index (χ2v) is 8.48. The first kappa shape index (κ1) is 15.5. The molecule has 0 amide bonds. The minimum Gasteiger partial charge on any atom is -0.342 e. The summed E-state index contributed by atoms with van der Waals surface area (Å²) < 4.78 is 23.8. The summed E-state index contributed by atoms with van der Waals surface area (Å²) in [7, 11) is -3.04. The van der Waals surface area contributed by atoms with Gasteiger partial charge in [0.1, 0.15) is 16.8 Å². The highest BCUT2D eigenvalue weighted by molar-refractivity contribution is 7.91. The molecule has 0 radical (unpaired) electrons. The Balaban J connectivity index is 2.17. The molecule has 2 aromatic rings. The highest BCUT2D eigenvalue weighted by atomic mass is 35.5. The van der Waals surface area contributed by atoms with Crippen LogP contribution in [0.1, 0.15) is 31.7 Å². The predicted octanol–water partition coefficient (Wildman–Crippen LogP) is 2.99. The molecule has 0 aromatic carbocycles. The molecular formula is C15H18ClN3O2S. The summed E-state index contributed by atoms with van der Waals surface area (Å²) >= 11 is 6.04. The van der Waals surface area contributed by atoms with E-state index in [0.29, 0.717) is 29.9 Å². The summed E-state index contributed by atoms with van der Waals surface area (Å²) in [5, 5.41) is 2.27. The quantitative estimate of drug-likeness (QED) is 0.787. The minimum atomic E-state index is -3.04. The lowest BCUT2D eigenvalue weighted by molar-refractivity contribution is 0.581. The van der Waals surface area contributed by atoms with E-state index in [4.69, 9.17) is 11.6 Å².